The van der Waals surface area contributed by atoms with Gasteiger partial charge in [-0.2, -0.15) is 0 Å². The summed E-state index contributed by atoms with van der Waals surface area (Å²) in [4.78, 5) is 26.3. The Balaban J connectivity index is 1.40. The Morgan fingerprint density at radius 1 is 0.667 bits per heavy atom. The summed E-state index contributed by atoms with van der Waals surface area (Å²) in [5.74, 6) is -0.416. The van der Waals surface area contributed by atoms with Crippen molar-refractivity contribution in [3.63, 3.8) is 0 Å². The van der Waals surface area contributed by atoms with Gasteiger partial charge in [-0.25, -0.2) is 5.48 Å². The lowest BCUT2D eigenvalue weighted by molar-refractivity contribution is -0.253. The largest absolute Gasteiger partial charge is 0.392 e. The fourth-order valence-electron chi connectivity index (χ4n) is 7.63. The van der Waals surface area contributed by atoms with E-state index in [1.165, 1.54) is 77.0 Å². The number of aliphatic hydroxyl groups excluding tert-OH is 1. The zero-order valence-electron chi connectivity index (χ0n) is 34.9. The summed E-state index contributed by atoms with van der Waals surface area (Å²) in [6, 6.07) is 24.8. The molecule has 1 fully saturated rings. The molecule has 57 heavy (non-hydrogen) atoms. The standard InChI is InChI=1S/C48H71N3O6/c1-3-5-7-9-11-16-31-51(32-17-12-10-8-6-4-2)36-44-34-45(41-25-23-38(37-52)24-26-41)57-48(56-44)42-29-27-40(28-30-42)43-20-18-19-39(33-43)35-49-46(53)21-14-13-15-22-47(54)50-55/h18-20,23-30,33,44-45,48,52,55H,3-17,21-22,31-32,34-37H2,1-2H3,(H,49,53)(H,50,54). The van der Waals surface area contributed by atoms with Gasteiger partial charge in [0.15, 0.2) is 6.29 Å². The van der Waals surface area contributed by atoms with E-state index in [0.29, 0.717) is 25.8 Å². The number of hydrogen-bond donors (Lipinski definition) is 4. The summed E-state index contributed by atoms with van der Waals surface area (Å²) in [5.41, 5.74) is 7.79. The number of unbranched alkanes of at least 4 members (excludes halogenated alkanes) is 12. The highest BCUT2D eigenvalue weighted by Crippen LogP contribution is 2.39. The maximum Gasteiger partial charge on any atom is 0.243 e. The van der Waals surface area contributed by atoms with Gasteiger partial charge in [-0.05, 0) is 72.7 Å². The minimum absolute atomic E-state index is 0.0160. The average molecular weight is 786 g/mol. The SMILES string of the molecule is CCCCCCCCN(CCCCCCCC)CC1CC(c2ccc(CO)cc2)OC(c2ccc(-c3cccc(CNC(=O)CCCCCC(=O)NO)c3)cc2)O1. The van der Waals surface area contributed by atoms with Crippen molar-refractivity contribution in [2.75, 3.05) is 19.6 Å². The molecule has 0 spiro atoms. The average Bonchev–Trinajstić information content (AvgIpc) is 3.25. The maximum atomic E-state index is 12.5. The van der Waals surface area contributed by atoms with Crippen LogP contribution in [-0.2, 0) is 32.2 Å². The first-order chi connectivity index (χ1) is 27.9. The van der Waals surface area contributed by atoms with Crippen molar-refractivity contribution < 1.29 is 29.4 Å². The van der Waals surface area contributed by atoms with E-state index in [4.69, 9.17) is 14.7 Å². The number of hydrogen-bond acceptors (Lipinski definition) is 7. The highest BCUT2D eigenvalue weighted by Gasteiger charge is 2.33. The summed E-state index contributed by atoms with van der Waals surface area (Å²) >= 11 is 0. The van der Waals surface area contributed by atoms with E-state index in [9.17, 15) is 14.7 Å². The number of carbonyl (C=O) groups excluding carboxylic acids is 2. The van der Waals surface area contributed by atoms with Gasteiger partial charge in [0.05, 0.1) is 18.8 Å². The van der Waals surface area contributed by atoms with Gasteiger partial charge < -0.3 is 24.8 Å². The molecule has 3 unspecified atom stereocenters. The van der Waals surface area contributed by atoms with Gasteiger partial charge in [-0.3, -0.25) is 14.8 Å². The molecule has 2 amide bonds. The molecule has 3 aromatic rings. The smallest absolute Gasteiger partial charge is 0.243 e. The highest BCUT2D eigenvalue weighted by atomic mass is 16.7. The molecule has 0 radical (unpaired) electrons. The van der Waals surface area contributed by atoms with Crippen molar-refractivity contribution in [1.82, 2.24) is 15.7 Å². The third kappa shape index (κ3) is 17.4. The molecule has 4 N–H and O–H groups in total. The molecule has 9 nitrogen and oxygen atoms in total. The maximum absolute atomic E-state index is 12.5. The summed E-state index contributed by atoms with van der Waals surface area (Å²) < 4.78 is 13.5. The van der Waals surface area contributed by atoms with Crippen molar-refractivity contribution in [2.24, 2.45) is 0 Å². The Labute approximate surface area is 342 Å². The summed E-state index contributed by atoms with van der Waals surface area (Å²) in [6.45, 7) is 8.11. The molecule has 3 atom stereocenters. The molecule has 0 saturated carbocycles. The van der Waals surface area contributed by atoms with Crippen LogP contribution in [0.3, 0.4) is 0 Å². The van der Waals surface area contributed by atoms with Gasteiger partial charge in [-0.15, -0.1) is 0 Å². The van der Waals surface area contributed by atoms with E-state index in [-0.39, 0.29) is 31.1 Å². The van der Waals surface area contributed by atoms with Gasteiger partial charge in [0, 0.05) is 37.9 Å². The third-order valence-electron chi connectivity index (χ3n) is 11.1. The lowest BCUT2D eigenvalue weighted by Gasteiger charge is -2.38. The second-order valence-corrected chi connectivity index (χ2v) is 15.9. The van der Waals surface area contributed by atoms with Crippen molar-refractivity contribution in [3.8, 4) is 11.1 Å². The second-order valence-electron chi connectivity index (χ2n) is 15.9. The van der Waals surface area contributed by atoms with Gasteiger partial charge >= 0.3 is 0 Å². The molecular formula is C48H71N3O6. The van der Waals surface area contributed by atoms with Gasteiger partial charge in [0.1, 0.15) is 0 Å². The first kappa shape index (κ1) is 46.1. The molecule has 0 bridgehead atoms. The Bertz CT molecular complexity index is 1530. The number of amides is 2. The summed E-state index contributed by atoms with van der Waals surface area (Å²) in [5, 5.41) is 21.3. The quantitative estimate of drug-likeness (QED) is 0.0329. The van der Waals surface area contributed by atoms with Crippen LogP contribution in [0.25, 0.3) is 11.1 Å². The predicted molar refractivity (Wildman–Crippen MR) is 228 cm³/mol. The Morgan fingerprint density at radius 3 is 1.89 bits per heavy atom. The van der Waals surface area contributed by atoms with Crippen LogP contribution in [0.1, 0.15) is 164 Å². The normalized spacial score (nSPS) is 16.8. The van der Waals surface area contributed by atoms with Crippen molar-refractivity contribution in [1.29, 1.82) is 0 Å². The molecule has 1 heterocycles. The highest BCUT2D eigenvalue weighted by molar-refractivity contribution is 5.76. The molecule has 0 aliphatic carbocycles. The number of rotatable bonds is 28. The zero-order chi connectivity index (χ0) is 40.5. The molecule has 1 aliphatic rings. The number of carbonyl (C=O) groups is 2. The number of aliphatic hydroxyl groups is 1. The molecule has 1 saturated heterocycles. The van der Waals surface area contributed by atoms with Crippen LogP contribution < -0.4 is 10.8 Å². The monoisotopic (exact) mass is 786 g/mol. The molecule has 3 aromatic carbocycles. The van der Waals surface area contributed by atoms with Crippen LogP contribution >= 0.6 is 0 Å². The van der Waals surface area contributed by atoms with Crippen molar-refractivity contribution >= 4 is 11.8 Å². The lowest BCUT2D eigenvalue weighted by Crippen LogP contribution is -2.40. The number of benzene rings is 3. The van der Waals surface area contributed by atoms with Crippen molar-refractivity contribution in [2.45, 2.75) is 161 Å². The van der Waals surface area contributed by atoms with E-state index in [1.54, 1.807) is 5.48 Å². The summed E-state index contributed by atoms with van der Waals surface area (Å²) in [6.07, 6.45) is 18.4. The lowest BCUT2D eigenvalue weighted by atomic mass is 9.98. The zero-order valence-corrected chi connectivity index (χ0v) is 34.9. The Kier molecular flexibility index (Phi) is 22.0. The van der Waals surface area contributed by atoms with Crippen LogP contribution in [0.2, 0.25) is 0 Å². The predicted octanol–water partition coefficient (Wildman–Crippen LogP) is 10.5. The van der Waals surface area contributed by atoms with E-state index < -0.39 is 12.2 Å². The molecule has 0 aromatic heterocycles. The molecule has 1 aliphatic heterocycles. The molecule has 314 valence electrons. The minimum atomic E-state index is -0.501. The van der Waals surface area contributed by atoms with Crippen LogP contribution in [0.15, 0.2) is 72.8 Å². The van der Waals surface area contributed by atoms with E-state index in [0.717, 1.165) is 65.9 Å². The van der Waals surface area contributed by atoms with Gasteiger partial charge in [0.25, 0.3) is 0 Å². The molecular weight excluding hydrogens is 715 g/mol. The van der Waals surface area contributed by atoms with E-state index in [1.807, 2.05) is 24.3 Å². The van der Waals surface area contributed by atoms with Crippen LogP contribution in [0, 0.1) is 0 Å². The molecule has 4 rings (SSSR count). The first-order valence-electron chi connectivity index (χ1n) is 22.0. The van der Waals surface area contributed by atoms with Crippen LogP contribution in [-0.4, -0.2) is 52.8 Å². The van der Waals surface area contributed by atoms with Crippen LogP contribution in [0.4, 0.5) is 0 Å². The topological polar surface area (TPSA) is 120 Å². The summed E-state index contributed by atoms with van der Waals surface area (Å²) in [7, 11) is 0. The Hall–Kier alpha value is -3.60. The van der Waals surface area contributed by atoms with E-state index in [2.05, 4.69) is 72.6 Å². The van der Waals surface area contributed by atoms with Gasteiger partial charge in [0.2, 0.25) is 11.8 Å². The number of nitrogens with zero attached hydrogens (tertiary/aromatic N) is 1. The third-order valence-corrected chi connectivity index (χ3v) is 11.1. The Morgan fingerprint density at radius 2 is 1.26 bits per heavy atom. The number of ether oxygens (including phenoxy) is 2. The van der Waals surface area contributed by atoms with E-state index >= 15 is 0 Å². The fraction of sp³-hybridized carbons (Fsp3) is 0.583. The van der Waals surface area contributed by atoms with Crippen molar-refractivity contribution in [3.05, 3.63) is 95.1 Å². The number of nitrogens with one attached hydrogen (secondary N) is 2. The first-order valence-corrected chi connectivity index (χ1v) is 22.0. The molecule has 9 heteroatoms. The number of hydroxylamine groups is 1. The fourth-order valence-corrected chi connectivity index (χ4v) is 7.63. The van der Waals surface area contributed by atoms with Gasteiger partial charge in [-0.1, -0.05) is 151 Å². The minimum Gasteiger partial charge on any atom is -0.392 e. The second kappa shape index (κ2) is 27.2. The van der Waals surface area contributed by atoms with Crippen LogP contribution in [0.5, 0.6) is 0 Å².